The van der Waals surface area contributed by atoms with E-state index in [4.69, 9.17) is 4.74 Å². The van der Waals surface area contributed by atoms with Gasteiger partial charge in [-0.3, -0.25) is 4.79 Å². The van der Waals surface area contributed by atoms with Gasteiger partial charge in [0.25, 0.3) is 5.91 Å². The van der Waals surface area contributed by atoms with Crippen molar-refractivity contribution in [1.29, 1.82) is 0 Å². The van der Waals surface area contributed by atoms with Crippen LogP contribution in [0.2, 0.25) is 0 Å². The smallest absolute Gasteiger partial charge is 0.416 e. The molecule has 140 valence electrons. The zero-order valence-corrected chi connectivity index (χ0v) is 15.1. The number of ether oxygens (including phenoxy) is 1. The van der Waals surface area contributed by atoms with Gasteiger partial charge in [0, 0.05) is 22.0 Å². The lowest BCUT2D eigenvalue weighted by Gasteiger charge is -2.09. The molecule has 0 bridgehead atoms. The molecule has 0 saturated heterocycles. The van der Waals surface area contributed by atoms with E-state index in [1.807, 2.05) is 16.8 Å². The number of nitrogens with zero attached hydrogens (tertiary/aromatic N) is 1. The Kier molecular flexibility index (Phi) is 5.57. The summed E-state index contributed by atoms with van der Waals surface area (Å²) in [6.07, 6.45) is -4.45. The summed E-state index contributed by atoms with van der Waals surface area (Å²) in [6, 6.07) is 5.81. The third kappa shape index (κ3) is 4.92. The van der Waals surface area contributed by atoms with Crippen molar-refractivity contribution in [3.8, 4) is 10.6 Å². The van der Waals surface area contributed by atoms with Crippen LogP contribution in [0.15, 0.2) is 46.5 Å². The lowest BCUT2D eigenvalue weighted by Crippen LogP contribution is -2.21. The first-order valence-electron chi connectivity index (χ1n) is 7.45. The Balaban J connectivity index is 1.52. The van der Waals surface area contributed by atoms with Crippen LogP contribution in [-0.4, -0.2) is 23.5 Å². The molecule has 3 aromatic rings. The van der Waals surface area contributed by atoms with Gasteiger partial charge in [-0.1, -0.05) is 0 Å². The van der Waals surface area contributed by atoms with E-state index >= 15 is 0 Å². The number of carbonyl (C=O) groups excluding carboxylic acids is 2. The van der Waals surface area contributed by atoms with Crippen LogP contribution < -0.4 is 5.32 Å². The number of thiazole rings is 1. The van der Waals surface area contributed by atoms with E-state index in [1.165, 1.54) is 28.1 Å². The molecule has 10 heteroatoms. The first-order valence-corrected chi connectivity index (χ1v) is 9.27. The number of rotatable bonds is 5. The van der Waals surface area contributed by atoms with E-state index < -0.39 is 30.2 Å². The monoisotopic (exact) mass is 412 g/mol. The lowest BCUT2D eigenvalue weighted by atomic mass is 10.2. The highest BCUT2D eigenvalue weighted by molar-refractivity contribution is 7.14. The third-order valence-electron chi connectivity index (χ3n) is 3.31. The van der Waals surface area contributed by atoms with Crippen LogP contribution in [0, 0.1) is 0 Å². The molecule has 1 aromatic carbocycles. The second-order valence-electron chi connectivity index (χ2n) is 5.25. The van der Waals surface area contributed by atoms with Crippen LogP contribution in [0.25, 0.3) is 10.6 Å². The number of benzene rings is 1. The number of amides is 1. The number of thiophene rings is 1. The molecule has 0 unspecified atom stereocenters. The maximum Gasteiger partial charge on any atom is 0.416 e. The Hall–Kier alpha value is -2.72. The van der Waals surface area contributed by atoms with Crippen LogP contribution in [0.3, 0.4) is 0 Å². The van der Waals surface area contributed by atoms with Crippen LogP contribution in [0.4, 0.5) is 18.9 Å². The van der Waals surface area contributed by atoms with E-state index in [2.05, 4.69) is 10.3 Å². The normalized spacial score (nSPS) is 11.2. The predicted molar refractivity (Wildman–Crippen MR) is 95.8 cm³/mol. The molecule has 0 fully saturated rings. The molecule has 0 saturated carbocycles. The van der Waals surface area contributed by atoms with Gasteiger partial charge < -0.3 is 10.1 Å². The number of hydrogen-bond donors (Lipinski definition) is 1. The molecule has 27 heavy (non-hydrogen) atoms. The highest BCUT2D eigenvalue weighted by atomic mass is 32.1. The summed E-state index contributed by atoms with van der Waals surface area (Å²) in [5.41, 5.74) is 0.321. The molecule has 0 aliphatic rings. The van der Waals surface area contributed by atoms with E-state index in [0.717, 1.165) is 29.8 Å². The van der Waals surface area contributed by atoms with E-state index in [-0.39, 0.29) is 11.4 Å². The molecule has 0 spiro atoms. The van der Waals surface area contributed by atoms with Gasteiger partial charge in [0.05, 0.1) is 5.56 Å². The Morgan fingerprint density at radius 2 is 1.85 bits per heavy atom. The van der Waals surface area contributed by atoms with Gasteiger partial charge in [0.1, 0.15) is 5.01 Å². The standard InChI is InChI=1S/C17H11F3N2O3S2/c18-17(19,20)11-1-3-12(4-2-11)21-14(23)7-25-16(24)13-9-27-15(22-13)10-5-6-26-8-10/h1-6,8-9H,7H2,(H,21,23). The fraction of sp³-hybridized carbons (Fsp3) is 0.118. The Morgan fingerprint density at radius 1 is 1.11 bits per heavy atom. The minimum atomic E-state index is -4.45. The number of aromatic nitrogens is 1. The SMILES string of the molecule is O=C(COC(=O)c1csc(-c2ccsc2)n1)Nc1ccc(C(F)(F)F)cc1. The molecule has 1 amide bonds. The van der Waals surface area contributed by atoms with Gasteiger partial charge in [-0.15, -0.1) is 11.3 Å². The second-order valence-corrected chi connectivity index (χ2v) is 6.89. The molecule has 0 radical (unpaired) electrons. The van der Waals surface area contributed by atoms with Gasteiger partial charge in [-0.2, -0.15) is 24.5 Å². The summed E-state index contributed by atoms with van der Waals surface area (Å²) in [6.45, 7) is -0.578. The largest absolute Gasteiger partial charge is 0.451 e. The van der Waals surface area contributed by atoms with Crippen molar-refractivity contribution in [2.45, 2.75) is 6.18 Å². The zero-order valence-electron chi connectivity index (χ0n) is 13.4. The second kappa shape index (κ2) is 7.89. The molecule has 1 N–H and O–H groups in total. The van der Waals surface area contributed by atoms with Crippen molar-refractivity contribution in [3.05, 3.63) is 57.7 Å². The number of nitrogens with one attached hydrogen (secondary N) is 1. The van der Waals surface area contributed by atoms with Crippen LogP contribution in [0.1, 0.15) is 16.1 Å². The molecular formula is C17H11F3N2O3S2. The van der Waals surface area contributed by atoms with Crippen LogP contribution >= 0.6 is 22.7 Å². The van der Waals surface area contributed by atoms with Gasteiger partial charge in [-0.05, 0) is 35.7 Å². The first kappa shape index (κ1) is 19.1. The molecule has 0 aliphatic carbocycles. The van der Waals surface area contributed by atoms with Crippen molar-refractivity contribution in [3.63, 3.8) is 0 Å². The van der Waals surface area contributed by atoms with Gasteiger partial charge in [0.15, 0.2) is 12.3 Å². The molecular weight excluding hydrogens is 401 g/mol. The van der Waals surface area contributed by atoms with Gasteiger partial charge in [0.2, 0.25) is 0 Å². The van der Waals surface area contributed by atoms with Crippen molar-refractivity contribution in [1.82, 2.24) is 4.98 Å². The number of hydrogen-bond acceptors (Lipinski definition) is 6. The third-order valence-corrected chi connectivity index (χ3v) is 4.89. The van der Waals surface area contributed by atoms with Crippen LogP contribution in [-0.2, 0) is 15.7 Å². The number of esters is 1. The molecule has 5 nitrogen and oxygen atoms in total. The van der Waals surface area contributed by atoms with E-state index in [0.29, 0.717) is 5.01 Å². The number of halogens is 3. The summed E-state index contributed by atoms with van der Waals surface area (Å²) in [5.74, 6) is -1.42. The number of carbonyl (C=O) groups is 2. The average molecular weight is 412 g/mol. The van der Waals surface area contributed by atoms with E-state index in [1.54, 1.807) is 0 Å². The number of anilines is 1. The highest BCUT2D eigenvalue weighted by Gasteiger charge is 2.30. The maximum absolute atomic E-state index is 12.5. The summed E-state index contributed by atoms with van der Waals surface area (Å²) in [7, 11) is 0. The fourth-order valence-corrected chi connectivity index (χ4v) is 3.53. The number of alkyl halides is 3. The Labute approximate surface area is 159 Å². The summed E-state index contributed by atoms with van der Waals surface area (Å²) in [4.78, 5) is 27.9. The van der Waals surface area contributed by atoms with Gasteiger partial charge in [-0.25, -0.2) is 9.78 Å². The van der Waals surface area contributed by atoms with Crippen LogP contribution in [0.5, 0.6) is 0 Å². The summed E-state index contributed by atoms with van der Waals surface area (Å²) >= 11 is 2.78. The zero-order chi connectivity index (χ0) is 19.4. The summed E-state index contributed by atoms with van der Waals surface area (Å²) in [5, 5.41) is 8.33. The summed E-state index contributed by atoms with van der Waals surface area (Å²) < 4.78 is 42.4. The van der Waals surface area contributed by atoms with E-state index in [9.17, 15) is 22.8 Å². The molecule has 2 heterocycles. The fourth-order valence-electron chi connectivity index (χ4n) is 2.03. The topological polar surface area (TPSA) is 68.3 Å². The molecule has 0 aliphatic heterocycles. The minimum absolute atomic E-state index is 0.0866. The van der Waals surface area contributed by atoms with Gasteiger partial charge >= 0.3 is 12.1 Å². The van der Waals surface area contributed by atoms with Crippen molar-refractivity contribution >= 4 is 40.2 Å². The first-order chi connectivity index (χ1) is 12.8. The molecule has 3 rings (SSSR count). The maximum atomic E-state index is 12.5. The lowest BCUT2D eigenvalue weighted by molar-refractivity contribution is -0.137. The predicted octanol–water partition coefficient (Wildman–Crippen LogP) is 4.69. The van der Waals surface area contributed by atoms with Crippen molar-refractivity contribution in [2.24, 2.45) is 0 Å². The molecule has 2 aromatic heterocycles. The Morgan fingerprint density at radius 3 is 2.48 bits per heavy atom. The van der Waals surface area contributed by atoms with Crippen molar-refractivity contribution in [2.75, 3.05) is 11.9 Å². The Bertz CT molecular complexity index is 935. The quantitative estimate of drug-likeness (QED) is 0.618. The average Bonchev–Trinajstić information content (AvgIpc) is 3.30. The minimum Gasteiger partial charge on any atom is -0.451 e. The highest BCUT2D eigenvalue weighted by Crippen LogP contribution is 2.30. The van der Waals surface area contributed by atoms with Crippen molar-refractivity contribution < 1.29 is 27.5 Å². The molecule has 0 atom stereocenters.